The van der Waals surface area contributed by atoms with Crippen molar-refractivity contribution in [1.82, 2.24) is 4.90 Å². The number of likely N-dealkylation sites (N-methyl/N-ethyl adjacent to an activating group) is 1. The first kappa shape index (κ1) is 13.9. The first-order valence-corrected chi connectivity index (χ1v) is 7.06. The van der Waals surface area contributed by atoms with Gasteiger partial charge < -0.3 is 5.73 Å². The minimum Gasteiger partial charge on any atom is -0.329 e. The number of hydrogen-bond acceptors (Lipinski definition) is 2. The highest BCUT2D eigenvalue weighted by Crippen LogP contribution is 2.45. The van der Waals surface area contributed by atoms with Crippen LogP contribution in [0.4, 0.5) is 0 Å². The van der Waals surface area contributed by atoms with Crippen molar-refractivity contribution in [3.63, 3.8) is 0 Å². The fourth-order valence-corrected chi connectivity index (χ4v) is 3.06. The van der Waals surface area contributed by atoms with Crippen LogP contribution in [0.15, 0.2) is 24.3 Å². The lowest BCUT2D eigenvalue weighted by Gasteiger charge is -2.42. The van der Waals surface area contributed by atoms with Crippen molar-refractivity contribution in [2.75, 3.05) is 13.6 Å². The Kier molecular flexibility index (Phi) is 4.00. The Morgan fingerprint density at radius 1 is 1.44 bits per heavy atom. The van der Waals surface area contributed by atoms with Gasteiger partial charge in [0.1, 0.15) is 0 Å². The van der Waals surface area contributed by atoms with Crippen LogP contribution in [-0.4, -0.2) is 24.0 Å². The van der Waals surface area contributed by atoms with Crippen LogP contribution in [0.5, 0.6) is 0 Å². The standard InChI is InChI=1S/C15H23ClN2/c1-11(13-6-4-5-7-14(13)16)18(3)15(2,10-17)12-8-9-12/h4-7,11-12H,8-10,17H2,1-3H3. The smallest absolute Gasteiger partial charge is 0.0453 e. The van der Waals surface area contributed by atoms with Gasteiger partial charge >= 0.3 is 0 Å². The molecule has 2 atom stereocenters. The van der Waals surface area contributed by atoms with E-state index in [0.717, 1.165) is 10.9 Å². The normalized spacial score (nSPS) is 20.8. The van der Waals surface area contributed by atoms with E-state index in [1.54, 1.807) is 0 Å². The van der Waals surface area contributed by atoms with Gasteiger partial charge in [-0.05, 0) is 51.3 Å². The van der Waals surface area contributed by atoms with Crippen molar-refractivity contribution in [3.05, 3.63) is 34.9 Å². The molecule has 0 amide bonds. The number of benzene rings is 1. The van der Waals surface area contributed by atoms with Crippen LogP contribution >= 0.6 is 11.6 Å². The van der Waals surface area contributed by atoms with E-state index in [9.17, 15) is 0 Å². The molecule has 100 valence electrons. The predicted octanol–water partition coefficient (Wildman–Crippen LogP) is 3.46. The maximum atomic E-state index is 6.29. The third-order valence-corrected chi connectivity index (χ3v) is 4.96. The van der Waals surface area contributed by atoms with Crippen LogP contribution in [0.3, 0.4) is 0 Å². The maximum Gasteiger partial charge on any atom is 0.0453 e. The van der Waals surface area contributed by atoms with E-state index in [2.05, 4.69) is 31.9 Å². The summed E-state index contributed by atoms with van der Waals surface area (Å²) in [7, 11) is 2.17. The summed E-state index contributed by atoms with van der Waals surface area (Å²) < 4.78 is 0. The zero-order valence-corrected chi connectivity index (χ0v) is 12.2. The van der Waals surface area contributed by atoms with E-state index < -0.39 is 0 Å². The van der Waals surface area contributed by atoms with Gasteiger partial charge in [-0.1, -0.05) is 29.8 Å². The van der Waals surface area contributed by atoms with Crippen LogP contribution in [0.1, 0.15) is 38.3 Å². The van der Waals surface area contributed by atoms with Crippen molar-refractivity contribution in [1.29, 1.82) is 0 Å². The van der Waals surface area contributed by atoms with Gasteiger partial charge in [0.15, 0.2) is 0 Å². The van der Waals surface area contributed by atoms with E-state index in [1.807, 2.05) is 18.2 Å². The second-order valence-corrected chi connectivity index (χ2v) is 6.05. The van der Waals surface area contributed by atoms with Crippen LogP contribution < -0.4 is 5.73 Å². The topological polar surface area (TPSA) is 29.3 Å². The molecule has 3 heteroatoms. The number of rotatable bonds is 5. The van der Waals surface area contributed by atoms with Gasteiger partial charge in [0, 0.05) is 23.1 Å². The molecule has 0 spiro atoms. The molecule has 1 aromatic carbocycles. The van der Waals surface area contributed by atoms with Gasteiger partial charge in [0.05, 0.1) is 0 Å². The van der Waals surface area contributed by atoms with E-state index >= 15 is 0 Å². The minimum atomic E-state index is 0.0819. The van der Waals surface area contributed by atoms with Crippen LogP contribution in [0, 0.1) is 5.92 Å². The van der Waals surface area contributed by atoms with Gasteiger partial charge in [-0.2, -0.15) is 0 Å². The van der Waals surface area contributed by atoms with E-state index in [4.69, 9.17) is 17.3 Å². The monoisotopic (exact) mass is 266 g/mol. The first-order valence-electron chi connectivity index (χ1n) is 6.68. The lowest BCUT2D eigenvalue weighted by atomic mass is 9.91. The molecule has 1 aliphatic rings. The van der Waals surface area contributed by atoms with Gasteiger partial charge in [-0.3, -0.25) is 4.90 Å². The summed E-state index contributed by atoms with van der Waals surface area (Å²) in [4.78, 5) is 2.39. The van der Waals surface area contributed by atoms with Crippen LogP contribution in [-0.2, 0) is 0 Å². The summed E-state index contributed by atoms with van der Waals surface area (Å²) in [6.45, 7) is 5.18. The quantitative estimate of drug-likeness (QED) is 0.884. The molecular formula is C15H23ClN2. The minimum absolute atomic E-state index is 0.0819. The van der Waals surface area contributed by atoms with Gasteiger partial charge in [0.2, 0.25) is 0 Å². The molecule has 0 aromatic heterocycles. The Balaban J connectivity index is 2.22. The largest absolute Gasteiger partial charge is 0.329 e. The molecule has 0 radical (unpaired) electrons. The summed E-state index contributed by atoms with van der Waals surface area (Å²) in [5.74, 6) is 0.734. The summed E-state index contributed by atoms with van der Waals surface area (Å²) >= 11 is 6.29. The summed E-state index contributed by atoms with van der Waals surface area (Å²) in [5.41, 5.74) is 7.29. The van der Waals surface area contributed by atoms with Crippen molar-refractivity contribution in [2.24, 2.45) is 11.7 Å². The zero-order chi connectivity index (χ0) is 13.3. The highest BCUT2D eigenvalue weighted by Gasteiger charge is 2.44. The zero-order valence-electron chi connectivity index (χ0n) is 11.5. The maximum absolute atomic E-state index is 6.29. The van der Waals surface area contributed by atoms with E-state index in [1.165, 1.54) is 18.4 Å². The van der Waals surface area contributed by atoms with Crippen molar-refractivity contribution < 1.29 is 0 Å². The summed E-state index contributed by atoms with van der Waals surface area (Å²) in [5, 5.41) is 0.840. The summed E-state index contributed by atoms with van der Waals surface area (Å²) in [6.07, 6.45) is 2.60. The molecule has 0 bridgehead atoms. The fourth-order valence-electron chi connectivity index (χ4n) is 2.77. The molecule has 0 heterocycles. The highest BCUT2D eigenvalue weighted by atomic mass is 35.5. The molecule has 0 aliphatic heterocycles. The molecule has 18 heavy (non-hydrogen) atoms. The Morgan fingerprint density at radius 2 is 2.06 bits per heavy atom. The van der Waals surface area contributed by atoms with Gasteiger partial charge in [-0.25, -0.2) is 0 Å². The number of nitrogens with zero attached hydrogens (tertiary/aromatic N) is 1. The van der Waals surface area contributed by atoms with Crippen LogP contribution in [0.25, 0.3) is 0 Å². The Morgan fingerprint density at radius 3 is 2.56 bits per heavy atom. The molecule has 1 fully saturated rings. The highest BCUT2D eigenvalue weighted by molar-refractivity contribution is 6.31. The molecular weight excluding hydrogens is 244 g/mol. The molecule has 2 unspecified atom stereocenters. The van der Waals surface area contributed by atoms with Crippen molar-refractivity contribution in [3.8, 4) is 0 Å². The average Bonchev–Trinajstić information content (AvgIpc) is 3.21. The fraction of sp³-hybridized carbons (Fsp3) is 0.600. The number of halogens is 1. The SMILES string of the molecule is CC(c1ccccc1Cl)N(C)C(C)(CN)C1CC1. The van der Waals surface area contributed by atoms with Gasteiger partial charge in [-0.15, -0.1) is 0 Å². The third-order valence-electron chi connectivity index (χ3n) is 4.61. The number of nitrogens with two attached hydrogens (primary N) is 1. The molecule has 2 N–H and O–H groups in total. The first-order chi connectivity index (χ1) is 8.50. The molecule has 1 saturated carbocycles. The average molecular weight is 267 g/mol. The Labute approximate surface area is 115 Å². The second-order valence-electron chi connectivity index (χ2n) is 5.64. The second kappa shape index (κ2) is 5.20. The van der Waals surface area contributed by atoms with E-state index in [0.29, 0.717) is 6.54 Å². The lowest BCUT2D eigenvalue weighted by molar-refractivity contribution is 0.0800. The predicted molar refractivity (Wildman–Crippen MR) is 77.8 cm³/mol. The Hall–Kier alpha value is -0.570. The van der Waals surface area contributed by atoms with Crippen molar-refractivity contribution in [2.45, 2.75) is 38.3 Å². The molecule has 0 saturated heterocycles. The van der Waals surface area contributed by atoms with Crippen molar-refractivity contribution >= 4 is 11.6 Å². The molecule has 2 nitrogen and oxygen atoms in total. The molecule has 1 aromatic rings. The molecule has 2 rings (SSSR count). The Bertz CT molecular complexity index is 417. The number of hydrogen-bond donors (Lipinski definition) is 1. The van der Waals surface area contributed by atoms with Crippen LogP contribution in [0.2, 0.25) is 5.02 Å². The van der Waals surface area contributed by atoms with E-state index in [-0.39, 0.29) is 11.6 Å². The third kappa shape index (κ3) is 2.42. The van der Waals surface area contributed by atoms with Gasteiger partial charge in [0.25, 0.3) is 0 Å². The lowest BCUT2D eigenvalue weighted by Crippen LogP contribution is -2.52. The molecule has 1 aliphatic carbocycles. The summed E-state index contributed by atoms with van der Waals surface area (Å²) in [6, 6.07) is 8.36.